The van der Waals surface area contributed by atoms with Crippen LogP contribution in [0.2, 0.25) is 0 Å². The van der Waals surface area contributed by atoms with Crippen LogP contribution in [0.1, 0.15) is 30.6 Å². The lowest BCUT2D eigenvalue weighted by molar-refractivity contribution is 0.0900. The first-order valence-electron chi connectivity index (χ1n) is 5.76. The Kier molecular flexibility index (Phi) is 4.55. The van der Waals surface area contributed by atoms with Crippen molar-refractivity contribution in [2.45, 2.75) is 25.8 Å². The molecule has 100 valence electrons. The molecule has 1 aromatic carbocycles. The van der Waals surface area contributed by atoms with Gasteiger partial charge < -0.3 is 20.9 Å². The van der Waals surface area contributed by atoms with Crippen LogP contribution in [0.3, 0.4) is 0 Å². The standard InChI is InChI=1S/C13H20N2O3/c1-13(2,6-7-16)15-12(17)10-5-4-9(18-3)8-11(10)14/h4-5,8,16H,6-7,14H2,1-3H3,(H,15,17). The molecule has 4 N–H and O–H groups in total. The first-order valence-corrected chi connectivity index (χ1v) is 5.76. The molecule has 0 aliphatic heterocycles. The molecule has 0 saturated heterocycles. The first-order chi connectivity index (χ1) is 8.39. The van der Waals surface area contributed by atoms with Crippen molar-refractivity contribution in [3.63, 3.8) is 0 Å². The van der Waals surface area contributed by atoms with Crippen LogP contribution in [-0.2, 0) is 0 Å². The van der Waals surface area contributed by atoms with Crippen LogP contribution in [0.5, 0.6) is 5.75 Å². The third-order valence-electron chi connectivity index (χ3n) is 2.69. The minimum Gasteiger partial charge on any atom is -0.497 e. The zero-order valence-electron chi connectivity index (χ0n) is 11.0. The number of hydrogen-bond acceptors (Lipinski definition) is 4. The van der Waals surface area contributed by atoms with E-state index in [-0.39, 0.29) is 12.5 Å². The number of amides is 1. The highest BCUT2D eigenvalue weighted by Gasteiger charge is 2.21. The van der Waals surface area contributed by atoms with Gasteiger partial charge in [-0.3, -0.25) is 4.79 Å². The van der Waals surface area contributed by atoms with Gasteiger partial charge in [-0.2, -0.15) is 0 Å². The molecule has 0 saturated carbocycles. The predicted octanol–water partition coefficient (Wildman–Crippen LogP) is 1.17. The maximum Gasteiger partial charge on any atom is 0.253 e. The van der Waals surface area contributed by atoms with E-state index in [1.54, 1.807) is 25.3 Å². The van der Waals surface area contributed by atoms with Gasteiger partial charge in [-0.15, -0.1) is 0 Å². The number of carbonyl (C=O) groups is 1. The highest BCUT2D eigenvalue weighted by Crippen LogP contribution is 2.20. The summed E-state index contributed by atoms with van der Waals surface area (Å²) in [5.41, 5.74) is 6.10. The van der Waals surface area contributed by atoms with Gasteiger partial charge in [-0.05, 0) is 32.4 Å². The Bertz CT molecular complexity index is 430. The lowest BCUT2D eigenvalue weighted by Gasteiger charge is -2.25. The lowest BCUT2D eigenvalue weighted by Crippen LogP contribution is -2.44. The molecule has 0 aliphatic rings. The Morgan fingerprint density at radius 3 is 2.67 bits per heavy atom. The molecular weight excluding hydrogens is 232 g/mol. The number of benzene rings is 1. The summed E-state index contributed by atoms with van der Waals surface area (Å²) in [5, 5.41) is 11.7. The summed E-state index contributed by atoms with van der Waals surface area (Å²) in [6.07, 6.45) is 0.481. The number of nitrogens with one attached hydrogen (secondary N) is 1. The maximum atomic E-state index is 12.0. The summed E-state index contributed by atoms with van der Waals surface area (Å²) in [7, 11) is 1.54. The fraction of sp³-hybridized carbons (Fsp3) is 0.462. The molecule has 0 aromatic heterocycles. The molecule has 18 heavy (non-hydrogen) atoms. The van der Waals surface area contributed by atoms with E-state index in [1.807, 2.05) is 13.8 Å². The van der Waals surface area contributed by atoms with Gasteiger partial charge in [0.2, 0.25) is 0 Å². The number of aliphatic hydroxyl groups excluding tert-OH is 1. The van der Waals surface area contributed by atoms with Crippen LogP contribution in [-0.4, -0.2) is 30.3 Å². The average molecular weight is 252 g/mol. The molecule has 5 heteroatoms. The Balaban J connectivity index is 2.85. The molecule has 0 aliphatic carbocycles. The third kappa shape index (κ3) is 3.63. The number of nitrogens with two attached hydrogens (primary N) is 1. The number of rotatable bonds is 5. The van der Waals surface area contributed by atoms with E-state index in [0.717, 1.165) is 0 Å². The van der Waals surface area contributed by atoms with E-state index in [1.165, 1.54) is 0 Å². The number of nitrogen functional groups attached to an aromatic ring is 1. The molecule has 1 aromatic rings. The number of aliphatic hydroxyl groups is 1. The molecule has 0 spiro atoms. The normalized spacial score (nSPS) is 11.1. The largest absolute Gasteiger partial charge is 0.497 e. The molecular formula is C13H20N2O3. The van der Waals surface area contributed by atoms with Gasteiger partial charge in [0.1, 0.15) is 5.75 Å². The summed E-state index contributed by atoms with van der Waals surface area (Å²) >= 11 is 0. The van der Waals surface area contributed by atoms with Gasteiger partial charge in [0.05, 0.1) is 12.7 Å². The van der Waals surface area contributed by atoms with Crippen LogP contribution in [0.4, 0.5) is 5.69 Å². The second-order valence-electron chi connectivity index (χ2n) is 4.76. The lowest BCUT2D eigenvalue weighted by atomic mass is 10.0. The fourth-order valence-electron chi connectivity index (χ4n) is 1.59. The van der Waals surface area contributed by atoms with Crippen molar-refractivity contribution in [2.75, 3.05) is 19.5 Å². The van der Waals surface area contributed by atoms with E-state index >= 15 is 0 Å². The highest BCUT2D eigenvalue weighted by molar-refractivity contribution is 5.99. The molecule has 0 radical (unpaired) electrons. The Hall–Kier alpha value is -1.75. The van der Waals surface area contributed by atoms with E-state index in [4.69, 9.17) is 15.6 Å². The molecule has 1 amide bonds. The van der Waals surface area contributed by atoms with Crippen LogP contribution >= 0.6 is 0 Å². The van der Waals surface area contributed by atoms with Crippen molar-refractivity contribution < 1.29 is 14.6 Å². The van der Waals surface area contributed by atoms with Crippen LogP contribution in [0.15, 0.2) is 18.2 Å². The summed E-state index contributed by atoms with van der Waals surface area (Å²) in [6, 6.07) is 4.91. The fourth-order valence-corrected chi connectivity index (χ4v) is 1.59. The second kappa shape index (κ2) is 5.73. The number of hydrogen-bond donors (Lipinski definition) is 3. The zero-order chi connectivity index (χ0) is 13.8. The Morgan fingerprint density at radius 2 is 2.17 bits per heavy atom. The van der Waals surface area contributed by atoms with E-state index < -0.39 is 5.54 Å². The molecule has 5 nitrogen and oxygen atoms in total. The topological polar surface area (TPSA) is 84.6 Å². The maximum absolute atomic E-state index is 12.0. The van der Waals surface area contributed by atoms with Gasteiger partial charge in [-0.1, -0.05) is 0 Å². The summed E-state index contributed by atoms with van der Waals surface area (Å²) < 4.78 is 5.02. The van der Waals surface area contributed by atoms with Gasteiger partial charge in [-0.25, -0.2) is 0 Å². The van der Waals surface area contributed by atoms with Gasteiger partial charge >= 0.3 is 0 Å². The first kappa shape index (κ1) is 14.3. The third-order valence-corrected chi connectivity index (χ3v) is 2.69. The summed E-state index contributed by atoms with van der Waals surface area (Å²) in [6.45, 7) is 3.72. The number of anilines is 1. The Morgan fingerprint density at radius 1 is 1.50 bits per heavy atom. The van der Waals surface area contributed by atoms with E-state index in [2.05, 4.69) is 5.32 Å². The predicted molar refractivity (Wildman–Crippen MR) is 70.7 cm³/mol. The van der Waals surface area contributed by atoms with Gasteiger partial charge in [0, 0.05) is 23.9 Å². The second-order valence-corrected chi connectivity index (χ2v) is 4.76. The van der Waals surface area contributed by atoms with E-state index in [9.17, 15) is 4.79 Å². The van der Waals surface area contributed by atoms with Crippen LogP contribution in [0.25, 0.3) is 0 Å². The Labute approximate surface area is 107 Å². The van der Waals surface area contributed by atoms with Crippen LogP contribution in [0, 0.1) is 0 Å². The van der Waals surface area contributed by atoms with Crippen molar-refractivity contribution in [1.82, 2.24) is 5.32 Å². The monoisotopic (exact) mass is 252 g/mol. The average Bonchev–Trinajstić information content (AvgIpc) is 2.27. The smallest absolute Gasteiger partial charge is 0.253 e. The number of carbonyl (C=O) groups excluding carboxylic acids is 1. The van der Waals surface area contributed by atoms with Crippen molar-refractivity contribution in [3.8, 4) is 5.75 Å². The molecule has 0 unspecified atom stereocenters. The van der Waals surface area contributed by atoms with Crippen molar-refractivity contribution in [2.24, 2.45) is 0 Å². The number of ether oxygens (including phenoxy) is 1. The van der Waals surface area contributed by atoms with Crippen LogP contribution < -0.4 is 15.8 Å². The van der Waals surface area contributed by atoms with Gasteiger partial charge in [0.15, 0.2) is 0 Å². The van der Waals surface area contributed by atoms with Crippen molar-refractivity contribution in [3.05, 3.63) is 23.8 Å². The minimum absolute atomic E-state index is 0.0192. The molecule has 1 rings (SSSR count). The molecule has 0 fully saturated rings. The minimum atomic E-state index is -0.474. The molecule has 0 bridgehead atoms. The van der Waals surface area contributed by atoms with E-state index in [0.29, 0.717) is 23.4 Å². The molecule has 0 heterocycles. The molecule has 0 atom stereocenters. The summed E-state index contributed by atoms with van der Waals surface area (Å²) in [5.74, 6) is 0.354. The highest BCUT2D eigenvalue weighted by atomic mass is 16.5. The zero-order valence-corrected chi connectivity index (χ0v) is 11.0. The van der Waals surface area contributed by atoms with Crippen molar-refractivity contribution in [1.29, 1.82) is 0 Å². The SMILES string of the molecule is COc1ccc(C(=O)NC(C)(C)CCO)c(N)c1. The van der Waals surface area contributed by atoms with Gasteiger partial charge in [0.25, 0.3) is 5.91 Å². The number of methoxy groups -OCH3 is 1. The van der Waals surface area contributed by atoms with Crippen molar-refractivity contribution >= 4 is 11.6 Å². The quantitative estimate of drug-likeness (QED) is 0.687. The summed E-state index contributed by atoms with van der Waals surface area (Å²) in [4.78, 5) is 12.0.